The van der Waals surface area contributed by atoms with Crippen LogP contribution in [-0.2, 0) is 9.31 Å². The molecule has 0 atom stereocenters. The Hall–Kier alpha value is -0.275. The van der Waals surface area contributed by atoms with Crippen molar-refractivity contribution < 1.29 is 9.31 Å². The topological polar surface area (TPSA) is 18.5 Å². The molecule has 1 aliphatic rings. The van der Waals surface area contributed by atoms with Crippen LogP contribution in [0.15, 0.2) is 12.1 Å². The van der Waals surface area contributed by atoms with E-state index in [1.54, 1.807) is 0 Å². The van der Waals surface area contributed by atoms with E-state index in [9.17, 15) is 0 Å². The minimum atomic E-state index is -1.23. The molecule has 3 heteroatoms. The highest BCUT2D eigenvalue weighted by Crippen LogP contribution is 2.44. The lowest BCUT2D eigenvalue weighted by Crippen LogP contribution is -2.41. The monoisotopic (exact) mass is 225 g/mol. The van der Waals surface area contributed by atoms with E-state index in [-0.39, 0.29) is 11.2 Å². The van der Waals surface area contributed by atoms with Crippen molar-refractivity contribution in [2.45, 2.75) is 71.9 Å². The van der Waals surface area contributed by atoms with Crippen LogP contribution in [0.5, 0.6) is 0 Å². The van der Waals surface area contributed by atoms with Crippen molar-refractivity contribution in [1.29, 1.82) is 0 Å². The summed E-state index contributed by atoms with van der Waals surface area (Å²) in [6.07, 6.45) is 5.37. The number of hydrogen-bond donors (Lipinski definition) is 0. The van der Waals surface area contributed by atoms with Crippen LogP contribution in [-0.4, -0.2) is 17.8 Å². The Balaban J connectivity index is 2.91. The number of allylic oxidation sites excluding steroid dienone is 1. The molecule has 94 valence electrons. The van der Waals surface area contributed by atoms with Crippen LogP contribution < -0.4 is 0 Å². The Morgan fingerprint density at radius 2 is 1.56 bits per heavy atom. The first kappa shape index (κ1) is 13.8. The predicted molar refractivity (Wildman–Crippen MR) is 70.6 cm³/mol. The molecule has 0 aromatic carbocycles. The third-order valence-corrected chi connectivity index (χ3v) is 3.88. The molecule has 0 bridgehead atoms. The van der Waals surface area contributed by atoms with Gasteiger partial charge in [-0.1, -0.05) is 26.7 Å². The minimum absolute atomic E-state index is 0.222. The normalized spacial score (nSPS) is 26.4. The summed E-state index contributed by atoms with van der Waals surface area (Å²) in [5.41, 5.74) is -0.444. The molecular weight excluding hydrogens is 199 g/mol. The van der Waals surface area contributed by atoms with Crippen LogP contribution in [0.3, 0.4) is 0 Å². The molecule has 0 aromatic rings. The van der Waals surface area contributed by atoms with Crippen molar-refractivity contribution in [3.05, 3.63) is 12.1 Å². The lowest BCUT2D eigenvalue weighted by molar-refractivity contribution is 0.00578. The molecule has 0 amide bonds. The second-order valence-electron chi connectivity index (χ2n) is 5.86. The Bertz CT molecular complexity index is 253. The van der Waals surface area contributed by atoms with Crippen molar-refractivity contribution >= 4 is 6.55 Å². The van der Waals surface area contributed by atoms with Crippen molar-refractivity contribution in [3.8, 4) is 0 Å². The van der Waals surface area contributed by atoms with Gasteiger partial charge in [0, 0.05) is 11.2 Å². The van der Waals surface area contributed by atoms with Crippen molar-refractivity contribution in [2.75, 3.05) is 0 Å². The van der Waals surface area contributed by atoms with Gasteiger partial charge in [-0.2, -0.15) is 5.98 Å². The fourth-order valence-electron chi connectivity index (χ4n) is 2.38. The fourth-order valence-corrected chi connectivity index (χ4v) is 2.38. The Labute approximate surface area is 100 Å². The van der Waals surface area contributed by atoms with Crippen molar-refractivity contribution in [1.82, 2.24) is 0 Å². The molecule has 0 unspecified atom stereocenters. The molecule has 1 saturated heterocycles. The Morgan fingerprint density at radius 3 is 1.94 bits per heavy atom. The number of hydrogen-bond acceptors (Lipinski definition) is 2. The molecule has 0 aliphatic carbocycles. The maximum absolute atomic E-state index is 6.25. The summed E-state index contributed by atoms with van der Waals surface area (Å²) >= 11 is 0. The quantitative estimate of drug-likeness (QED) is 0.674. The summed E-state index contributed by atoms with van der Waals surface area (Å²) in [6, 6.07) is 0. The zero-order chi connectivity index (χ0) is 12.4. The van der Waals surface area contributed by atoms with Gasteiger partial charge in [0.05, 0.1) is 0 Å². The lowest BCUT2D eigenvalue weighted by Gasteiger charge is -2.37. The standard InChI is InChI=1S/C13H26BO2/c1-7-9-11-14(10-8-2)15-12(3,4)13(5,6)16-14/h8,10H,7,9,11H2,1-6H3/q-1/b10-8+. The molecule has 0 spiro atoms. The van der Waals surface area contributed by atoms with Gasteiger partial charge in [-0.05, 0) is 27.7 Å². The second kappa shape index (κ2) is 4.54. The third kappa shape index (κ3) is 2.52. The molecule has 0 aromatic heterocycles. The van der Waals surface area contributed by atoms with Gasteiger partial charge in [-0.15, -0.1) is 12.4 Å². The summed E-state index contributed by atoms with van der Waals surface area (Å²) < 4.78 is 12.5. The van der Waals surface area contributed by atoms with Crippen LogP contribution in [0.2, 0.25) is 6.32 Å². The molecule has 0 N–H and O–H groups in total. The summed E-state index contributed by atoms with van der Waals surface area (Å²) in [5.74, 6) is 2.12. The SMILES string of the molecule is C/C=C/[B-]1(CCCC)OC(C)(C)C(C)(C)O1. The van der Waals surface area contributed by atoms with E-state index in [2.05, 4.69) is 40.6 Å². The maximum atomic E-state index is 6.25. The van der Waals surface area contributed by atoms with E-state index in [0.717, 1.165) is 12.7 Å². The molecule has 1 rings (SSSR count). The van der Waals surface area contributed by atoms with Gasteiger partial charge in [0.25, 0.3) is 6.55 Å². The molecule has 1 fully saturated rings. The van der Waals surface area contributed by atoms with Gasteiger partial charge < -0.3 is 9.31 Å². The van der Waals surface area contributed by atoms with Gasteiger partial charge in [0.15, 0.2) is 0 Å². The van der Waals surface area contributed by atoms with Crippen LogP contribution in [0, 0.1) is 0 Å². The van der Waals surface area contributed by atoms with Gasteiger partial charge in [0.1, 0.15) is 0 Å². The van der Waals surface area contributed by atoms with Gasteiger partial charge in [-0.3, -0.25) is 0 Å². The molecule has 16 heavy (non-hydrogen) atoms. The zero-order valence-electron chi connectivity index (χ0n) is 11.7. The minimum Gasteiger partial charge on any atom is -0.558 e. The molecule has 1 aliphatic heterocycles. The average molecular weight is 225 g/mol. The van der Waals surface area contributed by atoms with E-state index in [4.69, 9.17) is 9.31 Å². The zero-order valence-corrected chi connectivity index (χ0v) is 11.7. The molecule has 2 nitrogen and oxygen atoms in total. The second-order valence-corrected chi connectivity index (χ2v) is 5.86. The van der Waals surface area contributed by atoms with E-state index < -0.39 is 6.55 Å². The summed E-state index contributed by atoms with van der Waals surface area (Å²) in [5, 5.41) is 0. The van der Waals surface area contributed by atoms with Crippen LogP contribution in [0.1, 0.15) is 54.4 Å². The first-order chi connectivity index (χ1) is 7.29. The fraction of sp³-hybridized carbons (Fsp3) is 0.846. The molecule has 0 radical (unpaired) electrons. The lowest BCUT2D eigenvalue weighted by atomic mass is 9.53. The van der Waals surface area contributed by atoms with E-state index in [1.165, 1.54) is 6.42 Å². The maximum Gasteiger partial charge on any atom is 0.263 e. The molecule has 0 saturated carbocycles. The Kier molecular flexibility index (Phi) is 3.91. The van der Waals surface area contributed by atoms with Crippen molar-refractivity contribution in [3.63, 3.8) is 0 Å². The van der Waals surface area contributed by atoms with Gasteiger partial charge in [-0.25, -0.2) is 0 Å². The highest BCUT2D eigenvalue weighted by atomic mass is 16.7. The van der Waals surface area contributed by atoms with E-state index >= 15 is 0 Å². The molecule has 1 heterocycles. The Morgan fingerprint density at radius 1 is 1.06 bits per heavy atom. The van der Waals surface area contributed by atoms with Gasteiger partial charge >= 0.3 is 0 Å². The highest BCUT2D eigenvalue weighted by molar-refractivity contribution is 6.73. The third-order valence-electron chi connectivity index (χ3n) is 3.88. The smallest absolute Gasteiger partial charge is 0.263 e. The number of rotatable bonds is 4. The van der Waals surface area contributed by atoms with Crippen LogP contribution >= 0.6 is 0 Å². The van der Waals surface area contributed by atoms with Gasteiger partial charge in [0.2, 0.25) is 0 Å². The summed E-state index contributed by atoms with van der Waals surface area (Å²) in [4.78, 5) is 0. The first-order valence-corrected chi connectivity index (χ1v) is 6.49. The summed E-state index contributed by atoms with van der Waals surface area (Å²) in [7, 11) is 0. The summed E-state index contributed by atoms with van der Waals surface area (Å²) in [6.45, 7) is 11.5. The van der Waals surface area contributed by atoms with E-state index in [1.807, 2.05) is 13.0 Å². The van der Waals surface area contributed by atoms with E-state index in [0.29, 0.717) is 0 Å². The first-order valence-electron chi connectivity index (χ1n) is 6.49. The van der Waals surface area contributed by atoms with Crippen LogP contribution in [0.4, 0.5) is 0 Å². The number of unbranched alkanes of at least 4 members (excludes halogenated alkanes) is 1. The molecular formula is C13H26BO2-. The highest BCUT2D eigenvalue weighted by Gasteiger charge is 2.49. The largest absolute Gasteiger partial charge is 0.558 e. The van der Waals surface area contributed by atoms with Crippen molar-refractivity contribution in [2.24, 2.45) is 0 Å². The van der Waals surface area contributed by atoms with Crippen LogP contribution in [0.25, 0.3) is 0 Å². The average Bonchev–Trinajstić information content (AvgIpc) is 2.30. The predicted octanol–water partition coefficient (Wildman–Crippen LogP) is 3.95.